The molecule has 19 heteroatoms. The van der Waals surface area contributed by atoms with Crippen molar-refractivity contribution in [3.05, 3.63) is 30.3 Å². The van der Waals surface area contributed by atoms with Gasteiger partial charge in [0, 0.05) is 37.1 Å². The van der Waals surface area contributed by atoms with Crippen LogP contribution < -0.4 is 5.73 Å². The Morgan fingerprint density at radius 3 is 2.47 bits per heavy atom. The first-order chi connectivity index (χ1) is 28.1. The summed E-state index contributed by atoms with van der Waals surface area (Å²) in [6, 6.07) is 0.115. The number of nitrogens with zero attached hydrogens (tertiary/aromatic N) is 7. The number of rotatable bonds is 9. The molecule has 13 atom stereocenters. The maximum Gasteiger partial charge on any atom is 0.411 e. The highest BCUT2D eigenvalue weighted by molar-refractivity contribution is 6.08. The fraction of sp³-hybridized carbons (Fsp3) is 0.683. The van der Waals surface area contributed by atoms with Crippen LogP contribution >= 0.6 is 0 Å². The lowest BCUT2D eigenvalue weighted by Gasteiger charge is -2.47. The number of amides is 1. The molecule has 18 nitrogen and oxygen atoms in total. The van der Waals surface area contributed by atoms with Crippen LogP contribution in [0.25, 0.3) is 17.7 Å². The molecule has 2 aromatic heterocycles. The summed E-state index contributed by atoms with van der Waals surface area (Å²) in [7, 11) is 5.00. The van der Waals surface area contributed by atoms with E-state index in [1.165, 1.54) is 49.0 Å². The minimum absolute atomic E-state index is 0.0346. The number of aliphatic hydroxyl groups is 1. The van der Waals surface area contributed by atoms with Crippen LogP contribution in [0.2, 0.25) is 0 Å². The van der Waals surface area contributed by atoms with Gasteiger partial charge in [0.05, 0.1) is 42.8 Å². The number of carbonyl (C=O) groups excluding carboxylic acids is 4. The van der Waals surface area contributed by atoms with E-state index in [4.69, 9.17) is 29.4 Å². The zero-order valence-electron chi connectivity index (χ0n) is 36.2. The Morgan fingerprint density at radius 2 is 1.83 bits per heavy atom. The van der Waals surface area contributed by atoms with E-state index in [2.05, 4.69) is 26.0 Å². The number of Topliss-reactive ketones (excluding diaryl/α,β-unsaturated/α-hetero) is 2. The van der Waals surface area contributed by atoms with E-state index in [0.29, 0.717) is 12.1 Å². The lowest BCUT2D eigenvalue weighted by molar-refractivity contribution is -0.295. The monoisotopic (exact) mass is 842 g/mol. The fourth-order valence-corrected chi connectivity index (χ4v) is 8.89. The van der Waals surface area contributed by atoms with Crippen LogP contribution in [0, 0.1) is 17.8 Å². The summed E-state index contributed by atoms with van der Waals surface area (Å²) in [4.78, 5) is 68.0. The number of ketones is 2. The molecule has 0 radical (unpaired) electrons. The molecule has 5 heterocycles. The number of alkyl halides is 1. The number of nitrogens with two attached hydrogens (primary N) is 1. The third-order valence-electron chi connectivity index (χ3n) is 12.2. The van der Waals surface area contributed by atoms with E-state index in [-0.39, 0.29) is 49.0 Å². The van der Waals surface area contributed by atoms with Gasteiger partial charge in [-0.2, -0.15) is 0 Å². The van der Waals surface area contributed by atoms with Crippen molar-refractivity contribution in [2.24, 2.45) is 17.8 Å². The first kappa shape index (κ1) is 46.4. The number of ether oxygens (including phenoxy) is 5. The predicted octanol–water partition coefficient (Wildman–Crippen LogP) is 3.24. The number of halogens is 1. The van der Waals surface area contributed by atoms with Crippen molar-refractivity contribution in [2.45, 2.75) is 134 Å². The van der Waals surface area contributed by atoms with E-state index < -0.39 is 83.1 Å². The van der Waals surface area contributed by atoms with Gasteiger partial charge < -0.3 is 39.4 Å². The molecule has 0 spiro atoms. The van der Waals surface area contributed by atoms with Gasteiger partial charge in [0.1, 0.15) is 23.8 Å². The van der Waals surface area contributed by atoms with Gasteiger partial charge in [-0.3, -0.25) is 14.5 Å². The number of esters is 1. The zero-order valence-corrected chi connectivity index (χ0v) is 36.2. The van der Waals surface area contributed by atoms with E-state index >= 15 is 4.39 Å². The normalized spacial score (nSPS) is 36.9. The van der Waals surface area contributed by atoms with Crippen LogP contribution in [0.5, 0.6) is 0 Å². The largest absolute Gasteiger partial charge is 0.455 e. The molecular formula is C41H59FN8O10. The summed E-state index contributed by atoms with van der Waals surface area (Å²) in [6.45, 7) is 12.1. The Kier molecular flexibility index (Phi) is 14.0. The van der Waals surface area contributed by atoms with Crippen LogP contribution in [0.3, 0.4) is 0 Å². The Morgan fingerprint density at radius 1 is 1.13 bits per heavy atom. The van der Waals surface area contributed by atoms with Crippen LogP contribution in [-0.4, -0.2) is 151 Å². The first-order valence-corrected chi connectivity index (χ1v) is 20.2. The quantitative estimate of drug-likeness (QED) is 0.210. The fourth-order valence-electron chi connectivity index (χ4n) is 8.89. The lowest BCUT2D eigenvalue weighted by Crippen LogP contribution is -2.61. The Hall–Kier alpha value is -4.65. The van der Waals surface area contributed by atoms with Crippen molar-refractivity contribution in [3.8, 4) is 11.5 Å². The minimum Gasteiger partial charge on any atom is -0.455 e. The predicted molar refractivity (Wildman–Crippen MR) is 214 cm³/mol. The summed E-state index contributed by atoms with van der Waals surface area (Å²) in [5.41, 5.74) is 2.69. The second kappa shape index (κ2) is 18.1. The first-order valence-electron chi connectivity index (χ1n) is 20.2. The van der Waals surface area contributed by atoms with Gasteiger partial charge in [-0.05, 0) is 73.2 Å². The number of aliphatic hydroxyl groups excluding tert-OH is 1. The highest BCUT2D eigenvalue weighted by atomic mass is 19.1. The number of carbonyl (C=O) groups is 4. The molecule has 0 saturated carbocycles. The molecule has 0 aromatic carbocycles. The van der Waals surface area contributed by atoms with Gasteiger partial charge in [0.15, 0.2) is 29.2 Å². The summed E-state index contributed by atoms with van der Waals surface area (Å²) in [5, 5.41) is 19.5. The molecule has 3 fully saturated rings. The van der Waals surface area contributed by atoms with Crippen molar-refractivity contribution < 1.29 is 52.4 Å². The minimum atomic E-state index is -3.21. The maximum absolute atomic E-state index is 16.9. The van der Waals surface area contributed by atoms with E-state index in [9.17, 15) is 24.3 Å². The average molecular weight is 843 g/mol. The van der Waals surface area contributed by atoms with Gasteiger partial charge in [-0.1, -0.05) is 32.9 Å². The van der Waals surface area contributed by atoms with Gasteiger partial charge >= 0.3 is 12.1 Å². The number of cyclic esters (lactones) is 1. The van der Waals surface area contributed by atoms with E-state index in [1.54, 1.807) is 40.0 Å². The number of aromatic nitrogens is 5. The van der Waals surface area contributed by atoms with Crippen LogP contribution in [-0.2, 0) is 38.1 Å². The number of anilines is 1. The number of fused-ring (bicyclic) bond motifs is 1. The molecule has 1 amide bonds. The molecule has 2 aromatic rings. The number of methoxy groups -OCH3 is 1. The van der Waals surface area contributed by atoms with Crippen LogP contribution in [0.4, 0.5) is 15.0 Å². The lowest BCUT2D eigenvalue weighted by atomic mass is 9.73. The van der Waals surface area contributed by atoms with Gasteiger partial charge in [0.25, 0.3) is 5.67 Å². The Balaban J connectivity index is 1.51. The third kappa shape index (κ3) is 9.16. The Bertz CT molecular complexity index is 1970. The average Bonchev–Trinajstić information content (AvgIpc) is 3.78. The highest BCUT2D eigenvalue weighted by Crippen LogP contribution is 2.43. The van der Waals surface area contributed by atoms with Crippen molar-refractivity contribution in [1.29, 1.82) is 0 Å². The standard InChI is InChI=1S/C41H59FN8O10/c1-12-28-41(8)32(50(38(55)60-41)18-14-13-17-49-21-26(46-47-49)35-44-16-15-29(43)45-35)24(4)30(51)22(2)20-39(6,56-11)34(25(5)33(53)40(7,42)37(54)58-28)59-36-31(52)27(48(9)10)19-23(3)57-36/h14-17,21-25,27-28,31-32,34,36,52H,12,18-20H2,1-11H3,(H2,43,44,45)/t13?,22-,23?,24+,25+,27?,28-,31?,32-,34-,36+,39-,40+,41-/m1/s1. The summed E-state index contributed by atoms with van der Waals surface area (Å²) >= 11 is 0. The van der Waals surface area contributed by atoms with Gasteiger partial charge in [-0.15, -0.1) is 10.8 Å². The van der Waals surface area contributed by atoms with Gasteiger partial charge in [-0.25, -0.2) is 28.6 Å². The van der Waals surface area contributed by atoms with Crippen molar-refractivity contribution in [2.75, 3.05) is 33.5 Å². The van der Waals surface area contributed by atoms with Crippen molar-refractivity contribution in [1.82, 2.24) is 34.8 Å². The summed E-state index contributed by atoms with van der Waals surface area (Å²) in [5.74, 6) is -5.56. The number of hydrogen-bond donors (Lipinski definition) is 2. The van der Waals surface area contributed by atoms with Crippen molar-refractivity contribution in [3.63, 3.8) is 0 Å². The smallest absolute Gasteiger partial charge is 0.411 e. The molecule has 0 bridgehead atoms. The highest BCUT2D eigenvalue weighted by Gasteiger charge is 2.61. The molecular weight excluding hydrogens is 783 g/mol. The molecule has 60 heavy (non-hydrogen) atoms. The summed E-state index contributed by atoms with van der Waals surface area (Å²) < 4.78 is 48.6. The van der Waals surface area contributed by atoms with Gasteiger partial charge in [0.2, 0.25) is 0 Å². The van der Waals surface area contributed by atoms with E-state index in [0.717, 1.165) is 6.92 Å². The second-order valence-electron chi connectivity index (χ2n) is 16.9. The maximum atomic E-state index is 16.9. The zero-order chi connectivity index (χ0) is 44.5. The van der Waals surface area contributed by atoms with E-state index in [1.807, 2.05) is 25.9 Å². The molecule has 3 aliphatic heterocycles. The molecule has 3 saturated heterocycles. The summed E-state index contributed by atoms with van der Waals surface area (Å²) in [6.07, 6.45) is 0.254. The Labute approximate surface area is 349 Å². The third-order valence-corrected chi connectivity index (χ3v) is 12.2. The topological polar surface area (TPSA) is 224 Å². The molecule has 3 N–H and O–H groups in total. The molecule has 0 aliphatic carbocycles. The molecule has 3 unspecified atom stereocenters. The van der Waals surface area contributed by atoms with Crippen LogP contribution in [0.15, 0.2) is 30.3 Å². The SMILES string of the molecule is CC[C@H]1OC(=O)[C@@](C)(F)C(=O)[C@H](C)[C@@H](O[C@@H]2OC(C)CC(N(C)C)C2O)[C@](C)(OC)C[C@@H](C)C(=O)[C@H](C)[C@H]2N(CC=C=Cn3cc(-c4nccc(N)n4)nn3)C(=O)O[C@]12C. The van der Waals surface area contributed by atoms with Crippen molar-refractivity contribution >= 4 is 35.6 Å². The number of nitrogen functional groups attached to an aromatic ring is 1. The number of hydrogen-bond acceptors (Lipinski definition) is 16. The van der Waals surface area contributed by atoms with Crippen LogP contribution in [0.1, 0.15) is 74.7 Å². The molecule has 3 aliphatic rings. The molecule has 330 valence electrons. The molecule has 5 rings (SSSR count). The number of likely N-dealkylation sites (N-methyl/N-ethyl adjacent to an activating group) is 1. The second-order valence-corrected chi connectivity index (χ2v) is 16.9.